The number of benzene rings is 1. The monoisotopic (exact) mass is 291 g/mol. The molecular formula is C18H29NO2. The normalized spacial score (nSPS) is 12.1. The van der Waals surface area contributed by atoms with Crippen LogP contribution in [0.2, 0.25) is 0 Å². The molecule has 0 amide bonds. The fourth-order valence-corrected chi connectivity index (χ4v) is 2.67. The number of methoxy groups -OCH3 is 1. The smallest absolute Gasteiger partial charge is 0.124 e. The van der Waals surface area contributed by atoms with E-state index >= 15 is 0 Å². The summed E-state index contributed by atoms with van der Waals surface area (Å²) in [5.74, 6) is 0.771. The first kappa shape index (κ1) is 17.7. The molecule has 0 fully saturated rings. The molecule has 0 saturated carbocycles. The van der Waals surface area contributed by atoms with Gasteiger partial charge in [-0.3, -0.25) is 0 Å². The fraction of sp³-hybridized carbons (Fsp3) is 0.667. The molecule has 1 rings (SSSR count). The first-order valence-electron chi connectivity index (χ1n) is 8.20. The highest BCUT2D eigenvalue weighted by molar-refractivity contribution is 5.39. The van der Waals surface area contributed by atoms with Crippen LogP contribution < -0.4 is 4.74 Å². The molecule has 0 aromatic heterocycles. The minimum atomic E-state index is -0.282. The van der Waals surface area contributed by atoms with E-state index in [0.29, 0.717) is 0 Å². The molecule has 0 spiro atoms. The van der Waals surface area contributed by atoms with Crippen molar-refractivity contribution in [2.75, 3.05) is 7.11 Å². The third-order valence-electron chi connectivity index (χ3n) is 3.95. The molecule has 1 atom stereocenters. The minimum absolute atomic E-state index is 0.282. The molecular weight excluding hydrogens is 262 g/mol. The predicted octanol–water partition coefficient (Wildman–Crippen LogP) is 5.95. The van der Waals surface area contributed by atoms with Crippen LogP contribution in [-0.2, 0) is 0 Å². The van der Waals surface area contributed by atoms with Crippen LogP contribution in [-0.4, -0.2) is 7.11 Å². The molecule has 0 aliphatic rings. The lowest BCUT2D eigenvalue weighted by Gasteiger charge is -2.14. The maximum atomic E-state index is 11.2. The van der Waals surface area contributed by atoms with E-state index in [1.54, 1.807) is 7.11 Å². The molecule has 0 aliphatic heterocycles. The summed E-state index contributed by atoms with van der Waals surface area (Å²) < 4.78 is 5.36. The van der Waals surface area contributed by atoms with Crippen molar-refractivity contribution < 1.29 is 4.74 Å². The average Bonchev–Trinajstić information content (AvgIpc) is 2.50. The topological polar surface area (TPSA) is 38.7 Å². The molecule has 0 heterocycles. The highest BCUT2D eigenvalue weighted by Gasteiger charge is 2.16. The van der Waals surface area contributed by atoms with E-state index in [9.17, 15) is 4.91 Å². The van der Waals surface area contributed by atoms with Crippen molar-refractivity contribution in [3.05, 3.63) is 34.2 Å². The standard InChI is InChI=1S/C18H29NO2/c1-4-5-6-7-8-9-10-11-17(19-20)16-14-15(2)12-13-18(16)21-3/h12-14,17H,4-11H2,1-3H3. The predicted molar refractivity (Wildman–Crippen MR) is 88.9 cm³/mol. The summed E-state index contributed by atoms with van der Waals surface area (Å²) >= 11 is 0. The van der Waals surface area contributed by atoms with E-state index in [1.807, 2.05) is 25.1 Å². The number of hydrogen-bond donors (Lipinski definition) is 0. The van der Waals surface area contributed by atoms with Crippen LogP contribution in [0.3, 0.4) is 0 Å². The maximum Gasteiger partial charge on any atom is 0.124 e. The molecule has 1 aromatic carbocycles. The average molecular weight is 291 g/mol. The van der Waals surface area contributed by atoms with Gasteiger partial charge in [0.05, 0.1) is 7.11 Å². The zero-order valence-electron chi connectivity index (χ0n) is 13.7. The van der Waals surface area contributed by atoms with Gasteiger partial charge in [-0.15, -0.1) is 0 Å². The van der Waals surface area contributed by atoms with Crippen LogP contribution in [0.25, 0.3) is 0 Å². The highest BCUT2D eigenvalue weighted by atomic mass is 16.5. The molecule has 118 valence electrons. The van der Waals surface area contributed by atoms with Gasteiger partial charge >= 0.3 is 0 Å². The van der Waals surface area contributed by atoms with Gasteiger partial charge in [0.25, 0.3) is 0 Å². The van der Waals surface area contributed by atoms with Gasteiger partial charge in [-0.2, -0.15) is 4.91 Å². The molecule has 3 heteroatoms. The van der Waals surface area contributed by atoms with Crippen LogP contribution >= 0.6 is 0 Å². The third-order valence-corrected chi connectivity index (χ3v) is 3.95. The Hall–Kier alpha value is -1.38. The Labute approximate surface area is 129 Å². The number of aryl methyl sites for hydroxylation is 1. The molecule has 1 unspecified atom stereocenters. The number of hydrogen-bond acceptors (Lipinski definition) is 3. The summed E-state index contributed by atoms with van der Waals surface area (Å²) in [6, 6.07) is 5.66. The lowest BCUT2D eigenvalue weighted by Crippen LogP contribution is -2.00. The highest BCUT2D eigenvalue weighted by Crippen LogP contribution is 2.32. The molecule has 1 aromatic rings. The van der Waals surface area contributed by atoms with E-state index < -0.39 is 0 Å². The minimum Gasteiger partial charge on any atom is -0.496 e. The maximum absolute atomic E-state index is 11.2. The van der Waals surface area contributed by atoms with E-state index in [-0.39, 0.29) is 6.04 Å². The Kier molecular flexibility index (Phi) is 8.72. The second kappa shape index (κ2) is 10.4. The first-order chi connectivity index (χ1) is 10.2. The molecule has 0 saturated heterocycles. The van der Waals surface area contributed by atoms with Crippen molar-refractivity contribution in [1.29, 1.82) is 0 Å². The number of nitroso groups, excluding NO2 is 1. The Morgan fingerprint density at radius 3 is 2.38 bits per heavy atom. The zero-order valence-corrected chi connectivity index (χ0v) is 13.7. The van der Waals surface area contributed by atoms with Crippen molar-refractivity contribution in [2.45, 2.75) is 71.3 Å². The van der Waals surface area contributed by atoms with Gasteiger partial charge in [0.1, 0.15) is 11.8 Å². The summed E-state index contributed by atoms with van der Waals surface area (Å²) in [7, 11) is 1.64. The summed E-state index contributed by atoms with van der Waals surface area (Å²) in [4.78, 5) is 11.2. The SMILES string of the molecule is CCCCCCCCCC(N=O)c1cc(C)ccc1OC. The van der Waals surface area contributed by atoms with Gasteiger partial charge in [0.15, 0.2) is 0 Å². The molecule has 0 bridgehead atoms. The lowest BCUT2D eigenvalue weighted by molar-refractivity contribution is 0.402. The Balaban J connectivity index is 2.44. The lowest BCUT2D eigenvalue weighted by atomic mass is 9.98. The first-order valence-corrected chi connectivity index (χ1v) is 8.20. The van der Waals surface area contributed by atoms with Gasteiger partial charge in [-0.25, -0.2) is 0 Å². The molecule has 0 aliphatic carbocycles. The van der Waals surface area contributed by atoms with Crippen molar-refractivity contribution in [3.63, 3.8) is 0 Å². The van der Waals surface area contributed by atoms with Gasteiger partial charge in [0.2, 0.25) is 0 Å². The van der Waals surface area contributed by atoms with Crippen molar-refractivity contribution in [2.24, 2.45) is 5.18 Å². The van der Waals surface area contributed by atoms with E-state index in [4.69, 9.17) is 4.74 Å². The Morgan fingerprint density at radius 1 is 1.10 bits per heavy atom. The van der Waals surface area contributed by atoms with Crippen LogP contribution in [0.5, 0.6) is 5.75 Å². The van der Waals surface area contributed by atoms with Gasteiger partial charge in [0, 0.05) is 5.56 Å². The summed E-state index contributed by atoms with van der Waals surface area (Å²) in [6.45, 7) is 4.26. The van der Waals surface area contributed by atoms with Gasteiger partial charge in [-0.05, 0) is 19.4 Å². The van der Waals surface area contributed by atoms with Crippen molar-refractivity contribution in [3.8, 4) is 5.75 Å². The Morgan fingerprint density at radius 2 is 1.76 bits per heavy atom. The number of rotatable bonds is 11. The third kappa shape index (κ3) is 6.28. The van der Waals surface area contributed by atoms with E-state index in [2.05, 4.69) is 12.1 Å². The summed E-state index contributed by atoms with van der Waals surface area (Å²) in [5.41, 5.74) is 2.07. The van der Waals surface area contributed by atoms with Crippen LogP contribution in [0.4, 0.5) is 0 Å². The quantitative estimate of drug-likeness (QED) is 0.373. The second-order valence-corrected chi connectivity index (χ2v) is 5.78. The Bertz CT molecular complexity index is 418. The summed E-state index contributed by atoms with van der Waals surface area (Å²) in [6.07, 6.45) is 9.57. The molecule has 21 heavy (non-hydrogen) atoms. The second-order valence-electron chi connectivity index (χ2n) is 5.78. The summed E-state index contributed by atoms with van der Waals surface area (Å²) in [5, 5.41) is 3.33. The van der Waals surface area contributed by atoms with E-state index in [0.717, 1.165) is 29.7 Å². The van der Waals surface area contributed by atoms with Crippen molar-refractivity contribution >= 4 is 0 Å². The van der Waals surface area contributed by atoms with Crippen molar-refractivity contribution in [1.82, 2.24) is 0 Å². The zero-order chi connectivity index (χ0) is 15.5. The molecule has 0 radical (unpaired) electrons. The van der Waals surface area contributed by atoms with Gasteiger partial charge < -0.3 is 4.74 Å². The molecule has 0 N–H and O–H groups in total. The van der Waals surface area contributed by atoms with Crippen LogP contribution in [0.1, 0.15) is 75.5 Å². The largest absolute Gasteiger partial charge is 0.496 e. The molecule has 3 nitrogen and oxygen atoms in total. The number of unbranched alkanes of at least 4 members (excludes halogenated alkanes) is 6. The van der Waals surface area contributed by atoms with Crippen LogP contribution in [0, 0.1) is 11.8 Å². The van der Waals surface area contributed by atoms with Crippen LogP contribution in [0.15, 0.2) is 23.4 Å². The van der Waals surface area contributed by atoms with Gasteiger partial charge in [-0.1, -0.05) is 74.7 Å². The van der Waals surface area contributed by atoms with E-state index in [1.165, 1.54) is 38.5 Å². The fourth-order valence-electron chi connectivity index (χ4n) is 2.67. The number of ether oxygens (including phenoxy) is 1. The number of nitrogens with zero attached hydrogens (tertiary/aromatic N) is 1.